The Bertz CT molecular complexity index is 316. The zero-order valence-corrected chi connectivity index (χ0v) is 12.3. The molecule has 1 rings (SSSR count). The number of rotatable bonds is 7. The van der Waals surface area contributed by atoms with Gasteiger partial charge in [-0.25, -0.2) is 0 Å². The van der Waals surface area contributed by atoms with Crippen LogP contribution in [0, 0.1) is 5.92 Å². The summed E-state index contributed by atoms with van der Waals surface area (Å²) in [6.07, 6.45) is 5.80. The zero-order valence-electron chi connectivity index (χ0n) is 10.8. The summed E-state index contributed by atoms with van der Waals surface area (Å²) in [5.74, 6) is 0.630. The second-order valence-electron chi connectivity index (χ2n) is 4.69. The summed E-state index contributed by atoms with van der Waals surface area (Å²) in [7, 11) is 0. The molecule has 0 bridgehead atoms. The third-order valence-electron chi connectivity index (χ3n) is 3.15. The monoisotopic (exact) mass is 272 g/mol. The molecule has 0 aliphatic heterocycles. The van der Waals surface area contributed by atoms with Gasteiger partial charge in [0.15, 0.2) is 0 Å². The van der Waals surface area contributed by atoms with Crippen LogP contribution in [0.2, 0.25) is 5.02 Å². The standard InChI is InChI=1S/C15H22Cl2/c1-3-6-13(7-4-2)15(17)11-12-8-5-9-14(16)10-12/h5,8-10,13,15H,3-4,6-7,11H2,1-2H3. The van der Waals surface area contributed by atoms with Crippen LogP contribution in [-0.4, -0.2) is 5.38 Å². The van der Waals surface area contributed by atoms with Gasteiger partial charge >= 0.3 is 0 Å². The van der Waals surface area contributed by atoms with E-state index in [0.29, 0.717) is 5.92 Å². The fraction of sp³-hybridized carbons (Fsp3) is 0.600. The largest absolute Gasteiger partial charge is 0.122 e. The first-order valence-electron chi connectivity index (χ1n) is 6.55. The van der Waals surface area contributed by atoms with Gasteiger partial charge in [0.1, 0.15) is 0 Å². The molecule has 2 heteroatoms. The topological polar surface area (TPSA) is 0 Å². The molecule has 0 saturated heterocycles. The zero-order chi connectivity index (χ0) is 12.7. The first kappa shape index (κ1) is 14.9. The maximum atomic E-state index is 6.55. The molecular formula is C15H22Cl2. The summed E-state index contributed by atoms with van der Waals surface area (Å²) >= 11 is 12.5. The van der Waals surface area contributed by atoms with E-state index in [1.807, 2.05) is 18.2 Å². The lowest BCUT2D eigenvalue weighted by Gasteiger charge is -2.21. The van der Waals surface area contributed by atoms with Gasteiger partial charge in [0, 0.05) is 10.4 Å². The van der Waals surface area contributed by atoms with E-state index in [4.69, 9.17) is 23.2 Å². The minimum Gasteiger partial charge on any atom is -0.122 e. The SMILES string of the molecule is CCCC(CCC)C(Cl)Cc1cccc(Cl)c1. The van der Waals surface area contributed by atoms with Crippen LogP contribution in [-0.2, 0) is 6.42 Å². The van der Waals surface area contributed by atoms with Gasteiger partial charge < -0.3 is 0 Å². The van der Waals surface area contributed by atoms with Gasteiger partial charge in [0.25, 0.3) is 0 Å². The van der Waals surface area contributed by atoms with Crippen molar-refractivity contribution in [1.29, 1.82) is 0 Å². The second-order valence-corrected chi connectivity index (χ2v) is 5.68. The Morgan fingerprint density at radius 1 is 1.12 bits per heavy atom. The molecule has 1 aromatic carbocycles. The first-order valence-corrected chi connectivity index (χ1v) is 7.37. The van der Waals surface area contributed by atoms with Crippen molar-refractivity contribution in [3.05, 3.63) is 34.9 Å². The van der Waals surface area contributed by atoms with E-state index in [9.17, 15) is 0 Å². The van der Waals surface area contributed by atoms with Crippen molar-refractivity contribution in [2.24, 2.45) is 5.92 Å². The molecular weight excluding hydrogens is 251 g/mol. The Kier molecular flexibility index (Phi) is 6.99. The third-order valence-corrected chi connectivity index (χ3v) is 3.90. The highest BCUT2D eigenvalue weighted by atomic mass is 35.5. The van der Waals surface area contributed by atoms with Crippen molar-refractivity contribution in [3.8, 4) is 0 Å². The highest BCUT2D eigenvalue weighted by molar-refractivity contribution is 6.30. The lowest BCUT2D eigenvalue weighted by Crippen LogP contribution is -2.17. The van der Waals surface area contributed by atoms with Crippen molar-refractivity contribution in [2.75, 3.05) is 0 Å². The van der Waals surface area contributed by atoms with Crippen molar-refractivity contribution in [3.63, 3.8) is 0 Å². The predicted molar refractivity (Wildman–Crippen MR) is 78.1 cm³/mol. The minimum absolute atomic E-state index is 0.230. The Labute approximate surface area is 115 Å². The molecule has 0 aromatic heterocycles. The number of halogens is 2. The minimum atomic E-state index is 0.230. The maximum absolute atomic E-state index is 6.55. The van der Waals surface area contributed by atoms with Gasteiger partial charge in [-0.1, -0.05) is 50.4 Å². The van der Waals surface area contributed by atoms with E-state index >= 15 is 0 Å². The molecule has 0 amide bonds. The van der Waals surface area contributed by atoms with Crippen LogP contribution in [0.25, 0.3) is 0 Å². The molecule has 0 saturated carbocycles. The molecule has 0 radical (unpaired) electrons. The Morgan fingerprint density at radius 2 is 1.76 bits per heavy atom. The van der Waals surface area contributed by atoms with E-state index < -0.39 is 0 Å². The van der Waals surface area contributed by atoms with Gasteiger partial charge in [0.05, 0.1) is 0 Å². The molecule has 0 spiro atoms. The van der Waals surface area contributed by atoms with Gasteiger partial charge in [-0.2, -0.15) is 0 Å². The molecule has 1 unspecified atom stereocenters. The van der Waals surface area contributed by atoms with Crippen LogP contribution in [0.5, 0.6) is 0 Å². The van der Waals surface area contributed by atoms with Crippen LogP contribution >= 0.6 is 23.2 Å². The lowest BCUT2D eigenvalue weighted by atomic mass is 9.91. The van der Waals surface area contributed by atoms with Gasteiger partial charge in [-0.05, 0) is 42.9 Å². The van der Waals surface area contributed by atoms with Crippen LogP contribution in [0.1, 0.15) is 45.1 Å². The van der Waals surface area contributed by atoms with Crippen LogP contribution in [0.4, 0.5) is 0 Å². The Morgan fingerprint density at radius 3 is 2.29 bits per heavy atom. The molecule has 0 fully saturated rings. The maximum Gasteiger partial charge on any atom is 0.0408 e. The molecule has 1 atom stereocenters. The highest BCUT2D eigenvalue weighted by Gasteiger charge is 2.18. The van der Waals surface area contributed by atoms with Crippen molar-refractivity contribution >= 4 is 23.2 Å². The van der Waals surface area contributed by atoms with Crippen LogP contribution in [0.3, 0.4) is 0 Å². The summed E-state index contributed by atoms with van der Waals surface area (Å²) in [5, 5.41) is 1.03. The summed E-state index contributed by atoms with van der Waals surface area (Å²) in [5.41, 5.74) is 1.25. The summed E-state index contributed by atoms with van der Waals surface area (Å²) in [4.78, 5) is 0. The van der Waals surface area contributed by atoms with E-state index in [2.05, 4.69) is 19.9 Å². The second kappa shape index (κ2) is 8.00. The van der Waals surface area contributed by atoms with E-state index in [0.717, 1.165) is 11.4 Å². The van der Waals surface area contributed by atoms with Crippen molar-refractivity contribution in [2.45, 2.75) is 51.3 Å². The average Bonchev–Trinajstić information content (AvgIpc) is 2.28. The quantitative estimate of drug-likeness (QED) is 0.558. The number of alkyl halides is 1. The highest BCUT2D eigenvalue weighted by Crippen LogP contribution is 2.26. The summed E-state index contributed by atoms with van der Waals surface area (Å²) in [6.45, 7) is 4.46. The Balaban J connectivity index is 2.59. The first-order chi connectivity index (χ1) is 8.17. The average molecular weight is 273 g/mol. The molecule has 1 aromatic rings. The van der Waals surface area contributed by atoms with E-state index in [1.54, 1.807) is 0 Å². The van der Waals surface area contributed by atoms with Gasteiger partial charge in [0.2, 0.25) is 0 Å². The van der Waals surface area contributed by atoms with Crippen LogP contribution < -0.4 is 0 Å². The lowest BCUT2D eigenvalue weighted by molar-refractivity contribution is 0.418. The molecule has 0 N–H and O–H groups in total. The van der Waals surface area contributed by atoms with Crippen molar-refractivity contribution in [1.82, 2.24) is 0 Å². The van der Waals surface area contributed by atoms with Gasteiger partial charge in [-0.15, -0.1) is 11.6 Å². The van der Waals surface area contributed by atoms with Gasteiger partial charge in [-0.3, -0.25) is 0 Å². The molecule has 0 nitrogen and oxygen atoms in total. The third kappa shape index (κ3) is 5.31. The smallest absolute Gasteiger partial charge is 0.0408 e. The summed E-state index contributed by atoms with van der Waals surface area (Å²) in [6, 6.07) is 8.03. The number of hydrogen-bond acceptors (Lipinski definition) is 0. The number of benzene rings is 1. The molecule has 0 aliphatic rings. The fourth-order valence-corrected chi connectivity index (χ4v) is 2.95. The summed E-state index contributed by atoms with van der Waals surface area (Å²) < 4.78 is 0. The fourth-order valence-electron chi connectivity index (χ4n) is 2.30. The predicted octanol–water partition coefficient (Wildman–Crippen LogP) is 5.71. The molecule has 0 heterocycles. The molecule has 0 aliphatic carbocycles. The molecule has 96 valence electrons. The molecule has 17 heavy (non-hydrogen) atoms. The van der Waals surface area contributed by atoms with E-state index in [1.165, 1.54) is 31.2 Å². The number of hydrogen-bond donors (Lipinski definition) is 0. The van der Waals surface area contributed by atoms with Crippen molar-refractivity contribution < 1.29 is 0 Å². The van der Waals surface area contributed by atoms with E-state index in [-0.39, 0.29) is 5.38 Å². The Hall–Kier alpha value is -0.200. The normalized spacial score (nSPS) is 13.0. The van der Waals surface area contributed by atoms with Crippen LogP contribution in [0.15, 0.2) is 24.3 Å².